The minimum atomic E-state index is -0.864. The monoisotopic (exact) mass is 295 g/mol. The van der Waals surface area contributed by atoms with Crippen LogP contribution in [0, 0.1) is 5.92 Å². The maximum absolute atomic E-state index is 11.5. The van der Waals surface area contributed by atoms with Gasteiger partial charge in [0.1, 0.15) is 5.60 Å². The van der Waals surface area contributed by atoms with Gasteiger partial charge in [-0.25, -0.2) is 0 Å². The molecule has 0 aliphatic heterocycles. The van der Waals surface area contributed by atoms with Gasteiger partial charge in [-0.05, 0) is 48.1 Å². The second-order valence-corrected chi connectivity index (χ2v) is 6.63. The van der Waals surface area contributed by atoms with E-state index >= 15 is 0 Å². The Kier molecular flexibility index (Phi) is 4.07. The van der Waals surface area contributed by atoms with Crippen molar-refractivity contribution in [2.24, 2.45) is 5.92 Å². The molecule has 3 rings (SSSR count). The first kappa shape index (κ1) is 15.3. The second kappa shape index (κ2) is 5.86. The minimum Gasteiger partial charge on any atom is -0.380 e. The van der Waals surface area contributed by atoms with E-state index < -0.39 is 5.60 Å². The highest BCUT2D eigenvalue weighted by molar-refractivity contribution is 5.79. The first-order valence-corrected chi connectivity index (χ1v) is 8.17. The Hall–Kier alpha value is -1.64. The maximum Gasteiger partial charge on any atom is 0.116 e. The van der Waals surface area contributed by atoms with Gasteiger partial charge in [0.05, 0.1) is 0 Å². The highest BCUT2D eigenvalue weighted by Crippen LogP contribution is 2.49. The molecule has 1 aliphatic rings. The highest BCUT2D eigenvalue weighted by atomic mass is 16.3. The molecular formula is C20H25NO. The van der Waals surface area contributed by atoms with Crippen LogP contribution in [0.2, 0.25) is 0 Å². The Morgan fingerprint density at radius 3 is 1.91 bits per heavy atom. The van der Waals surface area contributed by atoms with Crippen LogP contribution in [0.3, 0.4) is 0 Å². The van der Waals surface area contributed by atoms with E-state index in [0.29, 0.717) is 12.0 Å². The number of fused-ring (bicyclic) bond motifs is 3. The fourth-order valence-electron chi connectivity index (χ4n) is 3.75. The van der Waals surface area contributed by atoms with Gasteiger partial charge in [-0.15, -0.1) is 0 Å². The van der Waals surface area contributed by atoms with Gasteiger partial charge in [-0.1, -0.05) is 62.4 Å². The fourth-order valence-corrected chi connectivity index (χ4v) is 3.75. The summed E-state index contributed by atoms with van der Waals surface area (Å²) in [6, 6.07) is 16.9. The molecule has 1 aliphatic carbocycles. The topological polar surface area (TPSA) is 32.3 Å². The number of hydrogen-bond acceptors (Lipinski definition) is 2. The lowest BCUT2D eigenvalue weighted by molar-refractivity contribution is 0.0683. The third-order valence-electron chi connectivity index (χ3n) is 5.03. The number of nitrogens with one attached hydrogen (secondary N) is 1. The molecule has 2 aromatic rings. The molecule has 0 amide bonds. The van der Waals surface area contributed by atoms with E-state index in [1.54, 1.807) is 0 Å². The van der Waals surface area contributed by atoms with Gasteiger partial charge >= 0.3 is 0 Å². The quantitative estimate of drug-likeness (QED) is 0.876. The summed E-state index contributed by atoms with van der Waals surface area (Å²) in [6.45, 7) is 4.45. The van der Waals surface area contributed by atoms with Gasteiger partial charge in [0.15, 0.2) is 0 Å². The van der Waals surface area contributed by atoms with Crippen LogP contribution in [0.25, 0.3) is 11.1 Å². The van der Waals surface area contributed by atoms with Crippen LogP contribution in [0.4, 0.5) is 0 Å². The molecule has 0 fully saturated rings. The van der Waals surface area contributed by atoms with Crippen LogP contribution in [0.15, 0.2) is 48.5 Å². The molecule has 2 aromatic carbocycles. The third-order valence-corrected chi connectivity index (χ3v) is 5.03. The molecule has 2 N–H and O–H groups in total. The van der Waals surface area contributed by atoms with Crippen molar-refractivity contribution in [3.63, 3.8) is 0 Å². The Balaban J connectivity index is 1.98. The van der Waals surface area contributed by atoms with E-state index in [4.69, 9.17) is 0 Å². The summed E-state index contributed by atoms with van der Waals surface area (Å²) in [4.78, 5) is 0. The van der Waals surface area contributed by atoms with E-state index in [1.165, 1.54) is 11.1 Å². The highest BCUT2D eigenvalue weighted by Gasteiger charge is 2.41. The zero-order chi connectivity index (χ0) is 15.7. The third kappa shape index (κ3) is 2.37. The van der Waals surface area contributed by atoms with Crippen LogP contribution in [0.5, 0.6) is 0 Å². The summed E-state index contributed by atoms with van der Waals surface area (Å²) in [5.74, 6) is 0.556. The lowest BCUT2D eigenvalue weighted by atomic mass is 9.84. The van der Waals surface area contributed by atoms with Gasteiger partial charge in [0.2, 0.25) is 0 Å². The van der Waals surface area contributed by atoms with E-state index in [9.17, 15) is 5.11 Å². The molecule has 0 spiro atoms. The van der Waals surface area contributed by atoms with Crippen molar-refractivity contribution in [1.29, 1.82) is 0 Å². The molecule has 1 unspecified atom stereocenters. The fraction of sp³-hybridized carbons (Fsp3) is 0.400. The zero-order valence-electron chi connectivity index (χ0n) is 13.6. The summed E-state index contributed by atoms with van der Waals surface area (Å²) in [5, 5.41) is 14.9. The largest absolute Gasteiger partial charge is 0.380 e. The smallest absolute Gasteiger partial charge is 0.116 e. The Morgan fingerprint density at radius 2 is 1.45 bits per heavy atom. The van der Waals surface area contributed by atoms with Gasteiger partial charge in [0.25, 0.3) is 0 Å². The molecule has 0 saturated heterocycles. The van der Waals surface area contributed by atoms with Gasteiger partial charge < -0.3 is 10.4 Å². The SMILES string of the molecule is CNC(CCC1(O)c2ccccc2-c2ccccc21)C(C)C. The van der Waals surface area contributed by atoms with Crippen molar-refractivity contribution in [3.8, 4) is 11.1 Å². The lowest BCUT2D eigenvalue weighted by Crippen LogP contribution is -2.34. The van der Waals surface area contributed by atoms with Crippen LogP contribution < -0.4 is 5.32 Å². The molecule has 0 radical (unpaired) electrons. The summed E-state index contributed by atoms with van der Waals surface area (Å²) >= 11 is 0. The average Bonchev–Trinajstić information content (AvgIpc) is 2.79. The van der Waals surface area contributed by atoms with Gasteiger partial charge in [-0.2, -0.15) is 0 Å². The first-order chi connectivity index (χ1) is 10.6. The van der Waals surface area contributed by atoms with E-state index in [0.717, 1.165) is 24.0 Å². The number of benzene rings is 2. The Labute approximate surface area is 133 Å². The van der Waals surface area contributed by atoms with Crippen molar-refractivity contribution >= 4 is 0 Å². The van der Waals surface area contributed by atoms with Crippen LogP contribution in [-0.2, 0) is 5.60 Å². The summed E-state index contributed by atoms with van der Waals surface area (Å²) in [5.41, 5.74) is 3.58. The van der Waals surface area contributed by atoms with Crippen molar-refractivity contribution < 1.29 is 5.11 Å². The van der Waals surface area contributed by atoms with Crippen molar-refractivity contribution in [2.45, 2.75) is 38.3 Å². The van der Waals surface area contributed by atoms with Crippen LogP contribution in [-0.4, -0.2) is 18.2 Å². The molecule has 0 saturated carbocycles. The van der Waals surface area contributed by atoms with E-state index in [1.807, 2.05) is 31.3 Å². The van der Waals surface area contributed by atoms with E-state index in [-0.39, 0.29) is 0 Å². The summed E-state index contributed by atoms with van der Waals surface area (Å²) in [7, 11) is 2.01. The summed E-state index contributed by atoms with van der Waals surface area (Å²) in [6.07, 6.45) is 1.69. The normalized spacial score (nSPS) is 16.4. The minimum absolute atomic E-state index is 0.420. The van der Waals surface area contributed by atoms with Crippen molar-refractivity contribution in [3.05, 3.63) is 59.7 Å². The van der Waals surface area contributed by atoms with Crippen LogP contribution in [0.1, 0.15) is 37.8 Å². The predicted molar refractivity (Wildman–Crippen MR) is 91.8 cm³/mol. The molecule has 2 nitrogen and oxygen atoms in total. The number of rotatable bonds is 5. The molecule has 0 aromatic heterocycles. The first-order valence-electron chi connectivity index (χ1n) is 8.17. The van der Waals surface area contributed by atoms with Gasteiger partial charge in [-0.3, -0.25) is 0 Å². The maximum atomic E-state index is 11.5. The molecule has 2 heteroatoms. The molecule has 1 atom stereocenters. The second-order valence-electron chi connectivity index (χ2n) is 6.63. The predicted octanol–water partition coefficient (Wildman–Crippen LogP) is 3.93. The zero-order valence-corrected chi connectivity index (χ0v) is 13.6. The molecular weight excluding hydrogens is 270 g/mol. The average molecular weight is 295 g/mol. The Morgan fingerprint density at radius 1 is 0.955 bits per heavy atom. The Bertz CT molecular complexity index is 617. The van der Waals surface area contributed by atoms with E-state index in [2.05, 4.69) is 43.4 Å². The molecule has 116 valence electrons. The van der Waals surface area contributed by atoms with Crippen molar-refractivity contribution in [1.82, 2.24) is 5.32 Å². The molecule has 0 heterocycles. The van der Waals surface area contributed by atoms with Crippen molar-refractivity contribution in [2.75, 3.05) is 7.05 Å². The molecule has 0 bridgehead atoms. The van der Waals surface area contributed by atoms with Gasteiger partial charge in [0, 0.05) is 6.04 Å². The molecule has 22 heavy (non-hydrogen) atoms. The van der Waals surface area contributed by atoms with Crippen LogP contribution >= 0.6 is 0 Å². The lowest BCUT2D eigenvalue weighted by Gasteiger charge is -2.29. The number of aliphatic hydroxyl groups is 1. The standard InChI is InChI=1S/C20H25NO/c1-14(2)19(21-3)12-13-20(22)17-10-6-4-8-15(17)16-9-5-7-11-18(16)20/h4-11,14,19,21-22H,12-13H2,1-3H3. The number of hydrogen-bond donors (Lipinski definition) is 2. The summed E-state index contributed by atoms with van der Waals surface area (Å²) < 4.78 is 0.